The maximum Gasteiger partial charge on any atom is 0.329 e. The topological polar surface area (TPSA) is 89.9 Å². The van der Waals surface area contributed by atoms with E-state index in [2.05, 4.69) is 5.32 Å². The first-order valence-electron chi connectivity index (χ1n) is 6.87. The van der Waals surface area contributed by atoms with Crippen molar-refractivity contribution in [2.45, 2.75) is 45.1 Å². The van der Waals surface area contributed by atoms with Gasteiger partial charge in [0.1, 0.15) is 5.54 Å². The number of urea groups is 1. The molecule has 110 valence electrons. The number of unbranched alkanes of at least 4 members (excludes halogenated alkanes) is 1. The lowest BCUT2D eigenvalue weighted by atomic mass is 9.96. The number of aliphatic carboxylic acids is 1. The van der Waals surface area contributed by atoms with Crippen LogP contribution in [0, 0.1) is 5.92 Å². The summed E-state index contributed by atoms with van der Waals surface area (Å²) in [4.78, 5) is 25.0. The Bertz CT molecular complexity index is 331. The molecule has 6 nitrogen and oxygen atoms in total. The first-order chi connectivity index (χ1) is 8.95. The van der Waals surface area contributed by atoms with Crippen LogP contribution in [0.25, 0.3) is 0 Å². The Labute approximate surface area is 113 Å². The number of carboxylic acids is 1. The SMILES string of the molecule is CCCCN(CCO)C(=O)NC(C)(C(=O)O)C1CC1. The Hall–Kier alpha value is -1.30. The molecule has 1 unspecified atom stereocenters. The number of amides is 2. The van der Waals surface area contributed by atoms with Crippen LogP contribution >= 0.6 is 0 Å². The lowest BCUT2D eigenvalue weighted by molar-refractivity contribution is -0.144. The van der Waals surface area contributed by atoms with Gasteiger partial charge in [-0.3, -0.25) is 0 Å². The van der Waals surface area contributed by atoms with Gasteiger partial charge in [-0.05, 0) is 32.1 Å². The van der Waals surface area contributed by atoms with Crippen LogP contribution in [-0.4, -0.2) is 52.3 Å². The molecule has 3 N–H and O–H groups in total. The second kappa shape index (κ2) is 6.75. The van der Waals surface area contributed by atoms with Crippen LogP contribution < -0.4 is 5.32 Å². The standard InChI is InChI=1S/C13H24N2O4/c1-3-4-7-15(8-9-16)12(19)14-13(2,11(17)18)10-5-6-10/h10,16H,3-9H2,1-2H3,(H,14,19)(H,17,18). The van der Waals surface area contributed by atoms with Crippen molar-refractivity contribution in [1.82, 2.24) is 10.2 Å². The zero-order valence-electron chi connectivity index (χ0n) is 11.7. The maximum absolute atomic E-state index is 12.1. The monoisotopic (exact) mass is 272 g/mol. The van der Waals surface area contributed by atoms with Gasteiger partial charge in [0.15, 0.2) is 0 Å². The smallest absolute Gasteiger partial charge is 0.329 e. The molecule has 0 radical (unpaired) electrons. The summed E-state index contributed by atoms with van der Waals surface area (Å²) in [7, 11) is 0. The molecule has 0 aromatic carbocycles. The highest BCUT2D eigenvalue weighted by atomic mass is 16.4. The molecule has 19 heavy (non-hydrogen) atoms. The summed E-state index contributed by atoms with van der Waals surface area (Å²) >= 11 is 0. The molecule has 0 aromatic heterocycles. The zero-order valence-corrected chi connectivity index (χ0v) is 11.7. The molecule has 1 aliphatic rings. The van der Waals surface area contributed by atoms with Crippen molar-refractivity contribution >= 4 is 12.0 Å². The van der Waals surface area contributed by atoms with Gasteiger partial charge in [0.05, 0.1) is 6.61 Å². The lowest BCUT2D eigenvalue weighted by Crippen LogP contribution is -2.58. The molecule has 0 heterocycles. The largest absolute Gasteiger partial charge is 0.480 e. The summed E-state index contributed by atoms with van der Waals surface area (Å²) in [5, 5.41) is 20.9. The first-order valence-corrected chi connectivity index (χ1v) is 6.87. The number of nitrogens with one attached hydrogen (secondary N) is 1. The number of hydrogen-bond acceptors (Lipinski definition) is 3. The Kier molecular flexibility index (Phi) is 5.60. The van der Waals surface area contributed by atoms with E-state index in [0.29, 0.717) is 6.54 Å². The molecule has 0 aromatic rings. The van der Waals surface area contributed by atoms with Gasteiger partial charge in [-0.15, -0.1) is 0 Å². The van der Waals surface area contributed by atoms with Crippen LogP contribution in [0.4, 0.5) is 4.79 Å². The third kappa shape index (κ3) is 4.09. The molecule has 6 heteroatoms. The second-order valence-electron chi connectivity index (χ2n) is 5.28. The van der Waals surface area contributed by atoms with Gasteiger partial charge in [0, 0.05) is 13.1 Å². The number of carbonyl (C=O) groups excluding carboxylic acids is 1. The second-order valence-corrected chi connectivity index (χ2v) is 5.28. The summed E-state index contributed by atoms with van der Waals surface area (Å²) in [6.45, 7) is 4.21. The molecule has 1 aliphatic carbocycles. The van der Waals surface area contributed by atoms with Crippen molar-refractivity contribution in [2.24, 2.45) is 5.92 Å². The van der Waals surface area contributed by atoms with Gasteiger partial charge in [-0.2, -0.15) is 0 Å². The Balaban J connectivity index is 2.65. The van der Waals surface area contributed by atoms with Crippen molar-refractivity contribution in [1.29, 1.82) is 0 Å². The minimum absolute atomic E-state index is 0.0103. The number of nitrogens with zero attached hydrogens (tertiary/aromatic N) is 1. The highest BCUT2D eigenvalue weighted by molar-refractivity contribution is 5.86. The number of rotatable bonds is 8. The van der Waals surface area contributed by atoms with Crippen LogP contribution in [0.1, 0.15) is 39.5 Å². The van der Waals surface area contributed by atoms with E-state index in [9.17, 15) is 14.7 Å². The van der Waals surface area contributed by atoms with Gasteiger partial charge in [0.25, 0.3) is 0 Å². The maximum atomic E-state index is 12.1. The Morgan fingerprint density at radius 3 is 2.42 bits per heavy atom. The molecule has 0 saturated heterocycles. The van der Waals surface area contributed by atoms with Crippen molar-refractivity contribution in [2.75, 3.05) is 19.7 Å². The fraction of sp³-hybridized carbons (Fsp3) is 0.846. The summed E-state index contributed by atoms with van der Waals surface area (Å²) < 4.78 is 0. The summed E-state index contributed by atoms with van der Waals surface area (Å²) in [5.41, 5.74) is -1.20. The number of carboxylic acid groups (broad SMARTS) is 1. The Morgan fingerprint density at radius 1 is 1.37 bits per heavy atom. The van der Waals surface area contributed by atoms with Gasteiger partial charge in [-0.25, -0.2) is 9.59 Å². The highest BCUT2D eigenvalue weighted by Gasteiger charge is 2.49. The predicted octanol–water partition coefficient (Wildman–Crippen LogP) is 1.04. The normalized spacial score (nSPS) is 17.6. The van der Waals surface area contributed by atoms with Crippen LogP contribution in [0.15, 0.2) is 0 Å². The molecule has 2 amide bonds. The molecule has 0 bridgehead atoms. The molecule has 1 saturated carbocycles. The minimum atomic E-state index is -1.20. The third-order valence-corrected chi connectivity index (χ3v) is 3.64. The van der Waals surface area contributed by atoms with E-state index in [1.165, 1.54) is 4.90 Å². The summed E-state index contributed by atoms with van der Waals surface area (Å²) in [6.07, 6.45) is 3.44. The predicted molar refractivity (Wildman–Crippen MR) is 70.9 cm³/mol. The van der Waals surface area contributed by atoms with Crippen LogP contribution in [0.3, 0.4) is 0 Å². The van der Waals surface area contributed by atoms with Gasteiger partial charge < -0.3 is 20.4 Å². The number of carbonyl (C=O) groups is 2. The molecular formula is C13H24N2O4. The van der Waals surface area contributed by atoms with Crippen molar-refractivity contribution < 1.29 is 19.8 Å². The van der Waals surface area contributed by atoms with Gasteiger partial charge >= 0.3 is 12.0 Å². The van der Waals surface area contributed by atoms with E-state index in [1.54, 1.807) is 6.92 Å². The quantitative estimate of drug-likeness (QED) is 0.616. The number of aliphatic hydroxyl groups excluding tert-OH is 1. The lowest BCUT2D eigenvalue weighted by Gasteiger charge is -2.30. The van der Waals surface area contributed by atoms with Crippen molar-refractivity contribution in [3.8, 4) is 0 Å². The van der Waals surface area contributed by atoms with Crippen LogP contribution in [-0.2, 0) is 4.79 Å². The van der Waals surface area contributed by atoms with Crippen molar-refractivity contribution in [3.05, 3.63) is 0 Å². The van der Waals surface area contributed by atoms with Gasteiger partial charge in [-0.1, -0.05) is 13.3 Å². The van der Waals surface area contributed by atoms with E-state index in [0.717, 1.165) is 25.7 Å². The molecule has 1 atom stereocenters. The van der Waals surface area contributed by atoms with E-state index in [1.807, 2.05) is 6.92 Å². The fourth-order valence-electron chi connectivity index (χ4n) is 2.08. The van der Waals surface area contributed by atoms with Crippen LogP contribution in [0.5, 0.6) is 0 Å². The van der Waals surface area contributed by atoms with Crippen molar-refractivity contribution in [3.63, 3.8) is 0 Å². The molecule has 1 fully saturated rings. The molecule has 0 aliphatic heterocycles. The zero-order chi connectivity index (χ0) is 14.5. The molecular weight excluding hydrogens is 248 g/mol. The summed E-state index contributed by atoms with van der Waals surface area (Å²) in [6, 6.07) is -0.403. The number of aliphatic hydroxyl groups is 1. The third-order valence-electron chi connectivity index (χ3n) is 3.64. The van der Waals surface area contributed by atoms with E-state index in [-0.39, 0.29) is 19.1 Å². The molecule has 0 spiro atoms. The average Bonchev–Trinajstić information content (AvgIpc) is 3.18. The van der Waals surface area contributed by atoms with Gasteiger partial charge in [0.2, 0.25) is 0 Å². The van der Waals surface area contributed by atoms with E-state index < -0.39 is 17.5 Å². The summed E-state index contributed by atoms with van der Waals surface area (Å²) in [5.74, 6) is -0.987. The van der Waals surface area contributed by atoms with E-state index >= 15 is 0 Å². The fourth-order valence-corrected chi connectivity index (χ4v) is 2.08. The van der Waals surface area contributed by atoms with E-state index in [4.69, 9.17) is 5.11 Å². The number of hydrogen-bond donors (Lipinski definition) is 3. The Morgan fingerprint density at radius 2 is 2.00 bits per heavy atom. The first kappa shape index (κ1) is 15.8. The molecule has 1 rings (SSSR count). The average molecular weight is 272 g/mol. The highest BCUT2D eigenvalue weighted by Crippen LogP contribution is 2.39. The minimum Gasteiger partial charge on any atom is -0.480 e. The van der Waals surface area contributed by atoms with Crippen LogP contribution in [0.2, 0.25) is 0 Å².